The Morgan fingerprint density at radius 3 is 2.52 bits per heavy atom. The number of nitrogens with zero attached hydrogens (tertiary/aromatic N) is 1. The molecule has 0 radical (unpaired) electrons. The Morgan fingerprint density at radius 1 is 1.24 bits per heavy atom. The van der Waals surface area contributed by atoms with E-state index in [0.29, 0.717) is 12.1 Å². The first-order valence-electron chi connectivity index (χ1n) is 6.66. The maximum absolute atomic E-state index is 8.62. The lowest BCUT2D eigenvalue weighted by Crippen LogP contribution is -2.18. The van der Waals surface area contributed by atoms with Crippen molar-refractivity contribution in [3.63, 3.8) is 0 Å². The van der Waals surface area contributed by atoms with Crippen LogP contribution in [0.5, 0.6) is 0 Å². The largest absolute Gasteiger partial charge is 0.409 e. The van der Waals surface area contributed by atoms with Crippen molar-refractivity contribution in [3.8, 4) is 0 Å². The lowest BCUT2D eigenvalue weighted by Gasteiger charge is -2.15. The fourth-order valence-corrected chi connectivity index (χ4v) is 2.36. The van der Waals surface area contributed by atoms with Crippen LogP contribution in [0.25, 0.3) is 0 Å². The average Bonchev–Trinajstić information content (AvgIpc) is 2.52. The first-order chi connectivity index (χ1) is 10.1. The van der Waals surface area contributed by atoms with Crippen molar-refractivity contribution in [1.82, 2.24) is 5.32 Å². The van der Waals surface area contributed by atoms with Gasteiger partial charge in [-0.2, -0.15) is 0 Å². The summed E-state index contributed by atoms with van der Waals surface area (Å²) in [6.07, 6.45) is 0. The molecule has 0 unspecified atom stereocenters. The molecule has 4 N–H and O–H groups in total. The van der Waals surface area contributed by atoms with Crippen molar-refractivity contribution in [1.29, 1.82) is 0 Å². The summed E-state index contributed by atoms with van der Waals surface area (Å²) in [5.41, 5.74) is 8.41. The van der Waals surface area contributed by atoms with Crippen LogP contribution in [0.3, 0.4) is 0 Å². The van der Waals surface area contributed by atoms with Gasteiger partial charge in [-0.3, -0.25) is 0 Å². The van der Waals surface area contributed by atoms with E-state index in [0.717, 1.165) is 16.1 Å². The fraction of sp³-hybridized carbons (Fsp3) is 0.188. The normalized spacial score (nSPS) is 13.1. The topological polar surface area (TPSA) is 70.6 Å². The molecule has 0 aliphatic rings. The molecule has 21 heavy (non-hydrogen) atoms. The van der Waals surface area contributed by atoms with Gasteiger partial charge in [-0.15, -0.1) is 0 Å². The molecule has 0 aliphatic carbocycles. The van der Waals surface area contributed by atoms with Gasteiger partial charge in [0.15, 0.2) is 5.84 Å². The zero-order valence-corrected chi connectivity index (χ0v) is 12.5. The summed E-state index contributed by atoms with van der Waals surface area (Å²) < 4.78 is 0. The molecule has 5 heteroatoms. The maximum atomic E-state index is 8.62. The smallest absolute Gasteiger partial charge is 0.170 e. The van der Waals surface area contributed by atoms with Crippen molar-refractivity contribution >= 4 is 17.4 Å². The molecule has 0 fully saturated rings. The quantitative estimate of drug-likeness (QED) is 0.343. The summed E-state index contributed by atoms with van der Waals surface area (Å²) in [4.78, 5) is 0. The highest BCUT2D eigenvalue weighted by atomic mass is 35.5. The summed E-state index contributed by atoms with van der Waals surface area (Å²) in [5, 5.41) is 15.8. The molecule has 0 spiro atoms. The van der Waals surface area contributed by atoms with Crippen LogP contribution < -0.4 is 11.1 Å². The number of oxime groups is 1. The second kappa shape index (κ2) is 7.11. The number of rotatable bonds is 5. The van der Waals surface area contributed by atoms with E-state index in [1.807, 2.05) is 48.5 Å². The van der Waals surface area contributed by atoms with Crippen molar-refractivity contribution in [2.75, 3.05) is 0 Å². The van der Waals surface area contributed by atoms with Crippen molar-refractivity contribution in [3.05, 3.63) is 70.2 Å². The van der Waals surface area contributed by atoms with Gasteiger partial charge in [0.1, 0.15) is 0 Å². The Morgan fingerprint density at radius 2 is 1.90 bits per heavy atom. The summed E-state index contributed by atoms with van der Waals surface area (Å²) in [6.45, 7) is 2.79. The van der Waals surface area contributed by atoms with Crippen LogP contribution >= 0.6 is 11.6 Å². The van der Waals surface area contributed by atoms with E-state index in [9.17, 15) is 0 Å². The summed E-state index contributed by atoms with van der Waals surface area (Å²) >= 11 is 6.18. The van der Waals surface area contributed by atoms with Crippen molar-refractivity contribution < 1.29 is 5.21 Å². The molecule has 2 aromatic carbocycles. The molecule has 0 amide bonds. The number of benzene rings is 2. The molecule has 1 atom stereocenters. The van der Waals surface area contributed by atoms with E-state index in [1.165, 1.54) is 0 Å². The monoisotopic (exact) mass is 303 g/mol. The molecule has 4 nitrogen and oxygen atoms in total. The zero-order valence-electron chi connectivity index (χ0n) is 11.8. The Kier molecular flexibility index (Phi) is 5.20. The van der Waals surface area contributed by atoms with Crippen LogP contribution in [0.2, 0.25) is 5.02 Å². The third kappa shape index (κ3) is 3.97. The van der Waals surface area contributed by atoms with Crippen LogP contribution in [0.4, 0.5) is 0 Å². The highest BCUT2D eigenvalue weighted by Crippen LogP contribution is 2.22. The van der Waals surface area contributed by atoms with Crippen LogP contribution in [0.15, 0.2) is 53.7 Å². The minimum atomic E-state index is 0.110. The van der Waals surface area contributed by atoms with Gasteiger partial charge in [0, 0.05) is 23.2 Å². The highest BCUT2D eigenvalue weighted by Gasteiger charge is 2.08. The molecule has 110 valence electrons. The molecular formula is C16H18ClN3O. The SMILES string of the molecule is C[C@H](NCc1ccc(/C(N)=N/O)cc1)c1ccccc1Cl. The van der Waals surface area contributed by atoms with Crippen LogP contribution in [0.1, 0.15) is 29.7 Å². The van der Waals surface area contributed by atoms with Gasteiger partial charge in [0.05, 0.1) is 0 Å². The van der Waals surface area contributed by atoms with Gasteiger partial charge >= 0.3 is 0 Å². The first-order valence-corrected chi connectivity index (χ1v) is 7.04. The standard InChI is InChI=1S/C16H18ClN3O/c1-11(14-4-2-3-5-15(14)17)19-10-12-6-8-13(9-7-12)16(18)20-21/h2-9,11,19,21H,10H2,1H3,(H2,18,20)/t11-/m0/s1. The lowest BCUT2D eigenvalue weighted by atomic mass is 10.1. The van der Waals surface area contributed by atoms with E-state index in [1.54, 1.807) is 0 Å². The summed E-state index contributed by atoms with van der Waals surface area (Å²) in [5.74, 6) is 0.110. The molecule has 0 saturated carbocycles. The predicted molar refractivity (Wildman–Crippen MR) is 85.7 cm³/mol. The molecule has 0 aromatic heterocycles. The zero-order chi connectivity index (χ0) is 15.2. The molecule has 0 heterocycles. The van der Waals surface area contributed by atoms with Crippen molar-refractivity contribution in [2.24, 2.45) is 10.9 Å². The van der Waals surface area contributed by atoms with Gasteiger partial charge in [0.25, 0.3) is 0 Å². The second-order valence-corrected chi connectivity index (χ2v) is 5.21. The molecular weight excluding hydrogens is 286 g/mol. The van der Waals surface area contributed by atoms with Gasteiger partial charge in [-0.1, -0.05) is 59.2 Å². The molecule has 2 rings (SSSR count). The number of nitrogens with one attached hydrogen (secondary N) is 1. The first kappa shape index (κ1) is 15.4. The van der Waals surface area contributed by atoms with Crippen LogP contribution in [-0.2, 0) is 6.54 Å². The third-order valence-corrected chi connectivity index (χ3v) is 3.69. The number of hydrogen-bond acceptors (Lipinski definition) is 3. The van der Waals surface area contributed by atoms with Gasteiger partial charge in [-0.05, 0) is 24.1 Å². The molecule has 0 aliphatic heterocycles. The number of amidine groups is 1. The lowest BCUT2D eigenvalue weighted by molar-refractivity contribution is 0.318. The van der Waals surface area contributed by atoms with Crippen LogP contribution in [0, 0.1) is 0 Å². The minimum absolute atomic E-state index is 0.110. The fourth-order valence-electron chi connectivity index (χ4n) is 2.06. The Hall–Kier alpha value is -2.04. The van der Waals surface area contributed by atoms with E-state index in [4.69, 9.17) is 22.5 Å². The van der Waals surface area contributed by atoms with Gasteiger partial charge in [0.2, 0.25) is 0 Å². The minimum Gasteiger partial charge on any atom is -0.409 e. The Bertz CT molecular complexity index is 626. The van der Waals surface area contributed by atoms with Gasteiger partial charge < -0.3 is 16.3 Å². The average molecular weight is 304 g/mol. The number of nitrogens with two attached hydrogens (primary N) is 1. The maximum Gasteiger partial charge on any atom is 0.170 e. The van der Waals surface area contributed by atoms with E-state index in [-0.39, 0.29) is 11.9 Å². The molecule has 0 saturated heterocycles. The van der Waals surface area contributed by atoms with Crippen molar-refractivity contribution in [2.45, 2.75) is 19.5 Å². The predicted octanol–water partition coefficient (Wildman–Crippen LogP) is 3.29. The van der Waals surface area contributed by atoms with E-state index >= 15 is 0 Å². The van der Waals surface area contributed by atoms with Gasteiger partial charge in [-0.25, -0.2) is 0 Å². The number of halogens is 1. The molecule has 2 aromatic rings. The summed E-state index contributed by atoms with van der Waals surface area (Å²) in [7, 11) is 0. The Labute approximate surface area is 129 Å². The molecule has 0 bridgehead atoms. The summed E-state index contributed by atoms with van der Waals surface area (Å²) in [6, 6.07) is 15.5. The highest BCUT2D eigenvalue weighted by molar-refractivity contribution is 6.31. The van der Waals surface area contributed by atoms with E-state index in [2.05, 4.69) is 17.4 Å². The second-order valence-electron chi connectivity index (χ2n) is 4.81. The third-order valence-electron chi connectivity index (χ3n) is 3.34. The van der Waals surface area contributed by atoms with Crippen LogP contribution in [-0.4, -0.2) is 11.0 Å². The van der Waals surface area contributed by atoms with E-state index < -0.39 is 0 Å². The Balaban J connectivity index is 1.98. The number of hydrogen-bond donors (Lipinski definition) is 3.